The molecule has 0 radical (unpaired) electrons. The van der Waals surface area contributed by atoms with Gasteiger partial charge in [-0.1, -0.05) is 199 Å². The molecule has 50 heavy (non-hydrogen) atoms. The molecule has 0 aromatic carbocycles. The molecule has 0 aromatic heterocycles. The van der Waals surface area contributed by atoms with Crippen molar-refractivity contribution in [3.05, 3.63) is 12.2 Å². The summed E-state index contributed by atoms with van der Waals surface area (Å²) in [6, 6.07) is 0. The molecule has 0 saturated carbocycles. The molecule has 0 aliphatic heterocycles. The van der Waals surface area contributed by atoms with Crippen LogP contribution in [-0.2, 0) is 14.3 Å². The predicted octanol–water partition coefficient (Wildman–Crippen LogP) is 15.8. The van der Waals surface area contributed by atoms with Crippen LogP contribution >= 0.6 is 0 Å². The van der Waals surface area contributed by atoms with E-state index in [0.717, 1.165) is 64.2 Å². The second-order valence-corrected chi connectivity index (χ2v) is 15.6. The predicted molar refractivity (Wildman–Crippen MR) is 218 cm³/mol. The molecule has 0 aromatic rings. The fraction of sp³-hybridized carbons (Fsp3) is 0.913. The molecule has 0 heterocycles. The number of allylic oxidation sites excluding steroid dienone is 2. The first-order valence-corrected chi connectivity index (χ1v) is 22.7. The Bertz CT molecular complexity index is 717. The standard InChI is InChI=1S/C46H88O4/c1-3-5-7-9-11-13-15-16-17-18-19-20-21-22-23-24-25-27-29-35-39-43-46(49)50-44(41-37-33-30-31-34-38-42-45(47)48)40-36-32-28-26-14-12-10-8-6-4-2/h16-17,44H,3-15,18-43H2,1-2H3,(H,47,48)/b17-16-. The van der Waals surface area contributed by atoms with E-state index in [1.165, 1.54) is 173 Å². The number of carbonyl (C=O) groups excluding carboxylic acids is 1. The van der Waals surface area contributed by atoms with Crippen molar-refractivity contribution in [2.24, 2.45) is 0 Å². The Morgan fingerprint density at radius 1 is 0.420 bits per heavy atom. The summed E-state index contributed by atoms with van der Waals surface area (Å²) >= 11 is 0. The van der Waals surface area contributed by atoms with Gasteiger partial charge in [0.2, 0.25) is 0 Å². The minimum atomic E-state index is -0.689. The van der Waals surface area contributed by atoms with Crippen molar-refractivity contribution in [2.75, 3.05) is 0 Å². The van der Waals surface area contributed by atoms with E-state index >= 15 is 0 Å². The van der Waals surface area contributed by atoms with E-state index < -0.39 is 5.97 Å². The van der Waals surface area contributed by atoms with Gasteiger partial charge in [0, 0.05) is 12.8 Å². The lowest BCUT2D eigenvalue weighted by molar-refractivity contribution is -0.150. The van der Waals surface area contributed by atoms with Crippen molar-refractivity contribution in [2.45, 2.75) is 270 Å². The highest BCUT2D eigenvalue weighted by atomic mass is 16.5. The first kappa shape index (κ1) is 48.7. The number of hydrogen-bond donors (Lipinski definition) is 1. The van der Waals surface area contributed by atoms with Crippen molar-refractivity contribution in [1.82, 2.24) is 0 Å². The number of carboxylic acids is 1. The van der Waals surface area contributed by atoms with Crippen LogP contribution in [0.25, 0.3) is 0 Å². The summed E-state index contributed by atoms with van der Waals surface area (Å²) < 4.78 is 6.04. The molecular formula is C46H88O4. The van der Waals surface area contributed by atoms with Crippen molar-refractivity contribution in [1.29, 1.82) is 0 Å². The maximum Gasteiger partial charge on any atom is 0.306 e. The molecule has 0 amide bonds. The zero-order valence-corrected chi connectivity index (χ0v) is 34.0. The van der Waals surface area contributed by atoms with Crippen molar-refractivity contribution in [3.63, 3.8) is 0 Å². The minimum absolute atomic E-state index is 0.0176. The molecule has 4 heteroatoms. The molecule has 1 unspecified atom stereocenters. The number of aliphatic carboxylic acids is 1. The van der Waals surface area contributed by atoms with Gasteiger partial charge in [-0.3, -0.25) is 9.59 Å². The van der Waals surface area contributed by atoms with E-state index in [2.05, 4.69) is 26.0 Å². The maximum absolute atomic E-state index is 12.7. The van der Waals surface area contributed by atoms with E-state index in [-0.39, 0.29) is 18.5 Å². The van der Waals surface area contributed by atoms with Crippen LogP contribution in [0.1, 0.15) is 264 Å². The van der Waals surface area contributed by atoms with E-state index in [9.17, 15) is 9.59 Å². The molecular weight excluding hydrogens is 617 g/mol. The number of carbonyl (C=O) groups is 2. The molecule has 1 N–H and O–H groups in total. The molecule has 296 valence electrons. The zero-order valence-electron chi connectivity index (χ0n) is 34.0. The second kappa shape index (κ2) is 42.1. The quantitative estimate of drug-likeness (QED) is 0.0390. The van der Waals surface area contributed by atoms with Crippen LogP contribution in [0.3, 0.4) is 0 Å². The summed E-state index contributed by atoms with van der Waals surface area (Å²) in [5, 5.41) is 8.80. The lowest BCUT2D eigenvalue weighted by Gasteiger charge is -2.18. The van der Waals surface area contributed by atoms with Crippen molar-refractivity contribution in [3.8, 4) is 0 Å². The lowest BCUT2D eigenvalue weighted by Crippen LogP contribution is -2.18. The maximum atomic E-state index is 12.7. The van der Waals surface area contributed by atoms with E-state index in [0.29, 0.717) is 6.42 Å². The molecule has 0 bridgehead atoms. The summed E-state index contributed by atoms with van der Waals surface area (Å²) in [5.41, 5.74) is 0. The Morgan fingerprint density at radius 2 is 0.720 bits per heavy atom. The minimum Gasteiger partial charge on any atom is -0.481 e. The third-order valence-corrected chi connectivity index (χ3v) is 10.5. The monoisotopic (exact) mass is 705 g/mol. The van der Waals surface area contributed by atoms with Crippen LogP contribution in [-0.4, -0.2) is 23.1 Å². The first-order chi connectivity index (χ1) is 24.6. The van der Waals surface area contributed by atoms with E-state index in [1.807, 2.05) is 0 Å². The first-order valence-electron chi connectivity index (χ1n) is 22.7. The number of hydrogen-bond acceptors (Lipinski definition) is 3. The largest absolute Gasteiger partial charge is 0.481 e. The number of carboxylic acid groups (broad SMARTS) is 1. The number of ether oxygens (including phenoxy) is 1. The van der Waals surface area contributed by atoms with Gasteiger partial charge in [0.05, 0.1) is 0 Å². The van der Waals surface area contributed by atoms with Crippen LogP contribution in [0.4, 0.5) is 0 Å². The van der Waals surface area contributed by atoms with Crippen LogP contribution in [0.5, 0.6) is 0 Å². The molecule has 0 aliphatic carbocycles. The topological polar surface area (TPSA) is 63.6 Å². The van der Waals surface area contributed by atoms with Crippen LogP contribution in [0.15, 0.2) is 12.2 Å². The summed E-state index contributed by atoms with van der Waals surface area (Å²) in [4.78, 5) is 23.4. The molecule has 0 fully saturated rings. The Balaban J connectivity index is 3.88. The third kappa shape index (κ3) is 41.1. The zero-order chi connectivity index (χ0) is 36.4. The number of unbranched alkanes of at least 4 members (excludes halogenated alkanes) is 31. The Hall–Kier alpha value is -1.32. The van der Waals surface area contributed by atoms with E-state index in [1.54, 1.807) is 0 Å². The Morgan fingerprint density at radius 3 is 1.08 bits per heavy atom. The van der Waals surface area contributed by atoms with Gasteiger partial charge < -0.3 is 9.84 Å². The number of rotatable bonds is 42. The third-order valence-electron chi connectivity index (χ3n) is 10.5. The molecule has 0 spiro atoms. The average Bonchev–Trinajstić information content (AvgIpc) is 3.10. The fourth-order valence-electron chi connectivity index (χ4n) is 7.12. The molecule has 4 nitrogen and oxygen atoms in total. The van der Waals surface area contributed by atoms with Crippen molar-refractivity contribution < 1.29 is 19.4 Å². The van der Waals surface area contributed by atoms with Gasteiger partial charge >= 0.3 is 11.9 Å². The normalized spacial score (nSPS) is 12.2. The second-order valence-electron chi connectivity index (χ2n) is 15.6. The number of esters is 1. The summed E-state index contributed by atoms with van der Waals surface area (Å²) in [5.74, 6) is -0.672. The van der Waals surface area contributed by atoms with Gasteiger partial charge in [0.15, 0.2) is 0 Å². The molecule has 1 atom stereocenters. The Kier molecular flexibility index (Phi) is 41.0. The van der Waals surface area contributed by atoms with Gasteiger partial charge in [0.1, 0.15) is 6.10 Å². The molecule has 0 saturated heterocycles. The van der Waals surface area contributed by atoms with Gasteiger partial charge in [-0.05, 0) is 64.2 Å². The van der Waals surface area contributed by atoms with Crippen LogP contribution < -0.4 is 0 Å². The Labute approximate surface area is 313 Å². The summed E-state index contributed by atoms with van der Waals surface area (Å²) in [6.07, 6.45) is 52.5. The SMILES string of the molecule is CCCCCCCC/C=C\CCCCCCCCCCCCCC(=O)OC(CCCCCCCCCCCC)CCCCCCCCC(=O)O. The lowest BCUT2D eigenvalue weighted by atomic mass is 10.0. The fourth-order valence-corrected chi connectivity index (χ4v) is 7.12. The van der Waals surface area contributed by atoms with Crippen LogP contribution in [0.2, 0.25) is 0 Å². The van der Waals surface area contributed by atoms with Gasteiger partial charge in [-0.25, -0.2) is 0 Å². The van der Waals surface area contributed by atoms with Gasteiger partial charge in [-0.2, -0.15) is 0 Å². The highest BCUT2D eigenvalue weighted by Gasteiger charge is 2.14. The van der Waals surface area contributed by atoms with Crippen molar-refractivity contribution >= 4 is 11.9 Å². The molecule has 0 aliphatic rings. The highest BCUT2D eigenvalue weighted by Crippen LogP contribution is 2.19. The van der Waals surface area contributed by atoms with Gasteiger partial charge in [-0.15, -0.1) is 0 Å². The van der Waals surface area contributed by atoms with Crippen LogP contribution in [0, 0.1) is 0 Å². The average molecular weight is 705 g/mol. The summed E-state index contributed by atoms with van der Waals surface area (Å²) in [6.45, 7) is 4.56. The van der Waals surface area contributed by atoms with Gasteiger partial charge in [0.25, 0.3) is 0 Å². The highest BCUT2D eigenvalue weighted by molar-refractivity contribution is 5.69. The summed E-state index contributed by atoms with van der Waals surface area (Å²) in [7, 11) is 0. The van der Waals surface area contributed by atoms with E-state index in [4.69, 9.17) is 9.84 Å². The smallest absolute Gasteiger partial charge is 0.306 e. The molecule has 0 rings (SSSR count).